The number of nitrogens with two attached hydrogens (primary N) is 1. The zero-order valence-corrected chi connectivity index (χ0v) is 4.94. The highest BCUT2D eigenvalue weighted by Crippen LogP contribution is 2.25. The molecule has 0 unspecified atom stereocenters. The number of alkyl halides is 2. The summed E-state index contributed by atoms with van der Waals surface area (Å²) in [6, 6.07) is -1.11. The number of rotatable bonds is 0. The topological polar surface area (TPSA) is 35.2 Å². The molecule has 0 radical (unpaired) electrons. The number of hydrogen-bond acceptors (Lipinski definition) is 2. The van der Waals surface area contributed by atoms with Crippen molar-refractivity contribution < 1.29 is 13.5 Å². The van der Waals surface area contributed by atoms with Crippen LogP contribution < -0.4 is 5.73 Å². The van der Waals surface area contributed by atoms with Gasteiger partial charge in [0.2, 0.25) is 0 Å². The van der Waals surface area contributed by atoms with Crippen molar-refractivity contribution in [3.05, 3.63) is 0 Å². The zero-order valence-electron chi connectivity index (χ0n) is 4.94. The Kier molecular flexibility index (Phi) is 1.68. The van der Waals surface area contributed by atoms with E-state index in [1.54, 1.807) is 0 Å². The fourth-order valence-corrected chi connectivity index (χ4v) is 0.726. The molecule has 2 N–H and O–H groups in total. The molecule has 2 nitrogen and oxygen atoms in total. The zero-order chi connectivity index (χ0) is 6.91. The Labute approximate surface area is 52.0 Å². The van der Waals surface area contributed by atoms with Crippen molar-refractivity contribution in [1.29, 1.82) is 0 Å². The summed E-state index contributed by atoms with van der Waals surface area (Å²) in [5.74, 6) is -2.71. The quantitative estimate of drug-likeness (QED) is 0.523. The first-order valence-electron chi connectivity index (χ1n) is 2.84. The predicted octanol–water partition coefficient (Wildman–Crippen LogP) is 0.369. The fourth-order valence-electron chi connectivity index (χ4n) is 0.726. The van der Waals surface area contributed by atoms with Crippen LogP contribution in [-0.2, 0) is 4.74 Å². The second-order valence-electron chi connectivity index (χ2n) is 2.19. The summed E-state index contributed by atoms with van der Waals surface area (Å²) in [6.45, 7) is 0.105. The van der Waals surface area contributed by atoms with Crippen molar-refractivity contribution in [1.82, 2.24) is 0 Å². The Balaban J connectivity index is 2.49. The van der Waals surface area contributed by atoms with Gasteiger partial charge in [-0.3, -0.25) is 0 Å². The summed E-state index contributed by atoms with van der Waals surface area (Å²) >= 11 is 0. The average Bonchev–Trinajstić information content (AvgIpc) is 1.77. The van der Waals surface area contributed by atoms with Crippen molar-refractivity contribution in [3.63, 3.8) is 0 Å². The molecule has 4 heteroatoms. The van der Waals surface area contributed by atoms with Gasteiger partial charge in [0.25, 0.3) is 5.92 Å². The Morgan fingerprint density at radius 1 is 1.56 bits per heavy atom. The largest absolute Gasteiger partial charge is 0.379 e. The lowest BCUT2D eigenvalue weighted by molar-refractivity contribution is -0.108. The lowest BCUT2D eigenvalue weighted by atomic mass is 10.1. The SMILES string of the molecule is N[C@@H]1COCCC1(F)F. The van der Waals surface area contributed by atoms with Crippen LogP contribution in [0, 0.1) is 0 Å². The van der Waals surface area contributed by atoms with Gasteiger partial charge in [-0.25, -0.2) is 8.78 Å². The van der Waals surface area contributed by atoms with Crippen LogP contribution in [0.2, 0.25) is 0 Å². The van der Waals surface area contributed by atoms with E-state index in [2.05, 4.69) is 0 Å². The van der Waals surface area contributed by atoms with Gasteiger partial charge < -0.3 is 10.5 Å². The van der Waals surface area contributed by atoms with Crippen LogP contribution in [0.25, 0.3) is 0 Å². The van der Waals surface area contributed by atoms with Gasteiger partial charge in [0.1, 0.15) is 0 Å². The van der Waals surface area contributed by atoms with Gasteiger partial charge >= 0.3 is 0 Å². The second kappa shape index (κ2) is 2.19. The van der Waals surface area contributed by atoms with E-state index >= 15 is 0 Å². The normalized spacial score (nSPS) is 34.3. The van der Waals surface area contributed by atoms with E-state index in [1.165, 1.54) is 0 Å². The van der Waals surface area contributed by atoms with Gasteiger partial charge in [0, 0.05) is 6.42 Å². The van der Waals surface area contributed by atoms with Crippen LogP contribution in [0.1, 0.15) is 6.42 Å². The summed E-state index contributed by atoms with van der Waals surface area (Å²) in [7, 11) is 0. The Hall–Kier alpha value is -0.220. The smallest absolute Gasteiger partial charge is 0.267 e. The molecule has 0 aliphatic carbocycles. The van der Waals surface area contributed by atoms with Crippen molar-refractivity contribution in [2.75, 3.05) is 13.2 Å². The molecule has 1 saturated heterocycles. The van der Waals surface area contributed by atoms with Crippen LogP contribution in [0.5, 0.6) is 0 Å². The molecule has 54 valence electrons. The lowest BCUT2D eigenvalue weighted by Crippen LogP contribution is -2.48. The molecule has 0 amide bonds. The third-order valence-corrected chi connectivity index (χ3v) is 1.42. The van der Waals surface area contributed by atoms with Crippen LogP contribution in [0.4, 0.5) is 8.78 Å². The third-order valence-electron chi connectivity index (χ3n) is 1.42. The fraction of sp³-hybridized carbons (Fsp3) is 1.00. The van der Waals surface area contributed by atoms with Crippen molar-refractivity contribution in [2.45, 2.75) is 18.4 Å². The molecule has 9 heavy (non-hydrogen) atoms. The van der Waals surface area contributed by atoms with Gasteiger partial charge in [-0.05, 0) is 0 Å². The van der Waals surface area contributed by atoms with E-state index < -0.39 is 12.0 Å². The Bertz CT molecular complexity index is 107. The van der Waals surface area contributed by atoms with Gasteiger partial charge in [0.05, 0.1) is 19.3 Å². The standard InChI is InChI=1S/C5H9F2NO/c6-5(7)1-2-9-3-4(5)8/h4H,1-3,8H2/t4-/m1/s1. The molecule has 1 atom stereocenters. The first-order chi connectivity index (χ1) is 4.13. The summed E-state index contributed by atoms with van der Waals surface area (Å²) in [5, 5.41) is 0. The molecule has 1 fully saturated rings. The summed E-state index contributed by atoms with van der Waals surface area (Å²) in [5.41, 5.74) is 5.04. The maximum atomic E-state index is 12.4. The minimum absolute atomic E-state index is 0.0208. The van der Waals surface area contributed by atoms with E-state index in [9.17, 15) is 8.78 Å². The highest BCUT2D eigenvalue weighted by atomic mass is 19.3. The number of hydrogen-bond donors (Lipinski definition) is 1. The summed E-state index contributed by atoms with van der Waals surface area (Å²) < 4.78 is 29.5. The van der Waals surface area contributed by atoms with Crippen molar-refractivity contribution in [2.24, 2.45) is 5.73 Å². The molecule has 0 aromatic rings. The molecule has 1 heterocycles. The van der Waals surface area contributed by atoms with E-state index in [0.29, 0.717) is 0 Å². The third kappa shape index (κ3) is 1.37. The molecule has 0 spiro atoms. The molecule has 1 aliphatic rings. The summed E-state index contributed by atoms with van der Waals surface area (Å²) in [6.07, 6.45) is -0.242. The average molecular weight is 137 g/mol. The van der Waals surface area contributed by atoms with Crippen molar-refractivity contribution >= 4 is 0 Å². The predicted molar refractivity (Wildman–Crippen MR) is 28.4 cm³/mol. The minimum atomic E-state index is -2.71. The maximum absolute atomic E-state index is 12.4. The first-order valence-corrected chi connectivity index (χ1v) is 2.84. The molecule has 0 aromatic carbocycles. The monoisotopic (exact) mass is 137 g/mol. The lowest BCUT2D eigenvalue weighted by Gasteiger charge is -2.27. The molecule has 1 aliphatic heterocycles. The van der Waals surface area contributed by atoms with Crippen molar-refractivity contribution in [3.8, 4) is 0 Å². The molecule has 0 bridgehead atoms. The van der Waals surface area contributed by atoms with Gasteiger partial charge in [0.15, 0.2) is 0 Å². The second-order valence-corrected chi connectivity index (χ2v) is 2.19. The maximum Gasteiger partial charge on any atom is 0.267 e. The van der Waals surface area contributed by atoms with E-state index in [-0.39, 0.29) is 19.6 Å². The van der Waals surface area contributed by atoms with Crippen LogP contribution in [0.3, 0.4) is 0 Å². The van der Waals surface area contributed by atoms with Gasteiger partial charge in [-0.2, -0.15) is 0 Å². The number of halogens is 2. The van der Waals surface area contributed by atoms with Gasteiger partial charge in [-0.1, -0.05) is 0 Å². The van der Waals surface area contributed by atoms with Gasteiger partial charge in [-0.15, -0.1) is 0 Å². The van der Waals surface area contributed by atoms with Crippen LogP contribution in [-0.4, -0.2) is 25.2 Å². The highest BCUT2D eigenvalue weighted by molar-refractivity contribution is 4.82. The Morgan fingerprint density at radius 2 is 2.22 bits per heavy atom. The minimum Gasteiger partial charge on any atom is -0.379 e. The molecular formula is C5H9F2NO. The van der Waals surface area contributed by atoms with E-state index in [1.807, 2.05) is 0 Å². The highest BCUT2D eigenvalue weighted by Gasteiger charge is 2.39. The molecule has 1 rings (SSSR count). The molecule has 0 aromatic heterocycles. The van der Waals surface area contributed by atoms with E-state index in [4.69, 9.17) is 10.5 Å². The van der Waals surface area contributed by atoms with E-state index in [0.717, 1.165) is 0 Å². The van der Waals surface area contributed by atoms with Crippen LogP contribution >= 0.6 is 0 Å². The summed E-state index contributed by atoms with van der Waals surface area (Å²) in [4.78, 5) is 0. The first kappa shape index (κ1) is 6.89. The molecular weight excluding hydrogens is 128 g/mol. The Morgan fingerprint density at radius 3 is 2.56 bits per heavy atom. The number of ether oxygens (including phenoxy) is 1. The molecule has 0 saturated carbocycles. The van der Waals surface area contributed by atoms with Crippen LogP contribution in [0.15, 0.2) is 0 Å².